The van der Waals surface area contributed by atoms with Gasteiger partial charge in [-0.3, -0.25) is 9.97 Å². The molecule has 2 atom stereocenters. The van der Waals surface area contributed by atoms with Crippen LogP contribution in [0.15, 0.2) is 103 Å². The normalized spacial score (nSPS) is 19.1. The SMILES string of the molecule is c1ccc2c(-c3ccc(-c4ccnc5c4ccc4c(N6CC7CCCCC7C6)ccnc45)cc3)cccc2c1. The maximum Gasteiger partial charge on any atom is 0.0985 e. The van der Waals surface area contributed by atoms with Crippen molar-refractivity contribution in [1.82, 2.24) is 9.97 Å². The quantitative estimate of drug-likeness (QED) is 0.225. The zero-order chi connectivity index (χ0) is 25.8. The van der Waals surface area contributed by atoms with Crippen LogP contribution in [0.4, 0.5) is 5.69 Å². The molecule has 4 aromatic carbocycles. The molecule has 0 spiro atoms. The van der Waals surface area contributed by atoms with Crippen LogP contribution in [-0.4, -0.2) is 23.1 Å². The molecule has 190 valence electrons. The van der Waals surface area contributed by atoms with E-state index in [0.29, 0.717) is 0 Å². The van der Waals surface area contributed by atoms with Gasteiger partial charge >= 0.3 is 0 Å². The molecule has 1 saturated heterocycles. The minimum absolute atomic E-state index is 0.851. The number of pyridine rings is 2. The number of aromatic nitrogens is 2. The number of anilines is 1. The van der Waals surface area contributed by atoms with E-state index in [1.165, 1.54) is 82.9 Å². The number of hydrogen-bond acceptors (Lipinski definition) is 3. The molecule has 2 aromatic heterocycles. The van der Waals surface area contributed by atoms with E-state index in [0.717, 1.165) is 28.3 Å². The Hall–Kier alpha value is -4.24. The predicted octanol–water partition coefficient (Wildman–Crippen LogP) is 8.90. The topological polar surface area (TPSA) is 29.0 Å². The summed E-state index contributed by atoms with van der Waals surface area (Å²) in [6.07, 6.45) is 9.48. The Balaban J connectivity index is 1.19. The van der Waals surface area contributed by atoms with Crippen molar-refractivity contribution < 1.29 is 0 Å². The molecule has 8 rings (SSSR count). The van der Waals surface area contributed by atoms with Crippen molar-refractivity contribution in [2.75, 3.05) is 18.0 Å². The zero-order valence-electron chi connectivity index (χ0n) is 22.1. The van der Waals surface area contributed by atoms with Crippen LogP contribution in [0.3, 0.4) is 0 Å². The minimum Gasteiger partial charge on any atom is -0.370 e. The van der Waals surface area contributed by atoms with Crippen LogP contribution in [-0.2, 0) is 0 Å². The summed E-state index contributed by atoms with van der Waals surface area (Å²) in [6.45, 7) is 2.36. The van der Waals surface area contributed by atoms with Crippen molar-refractivity contribution in [3.8, 4) is 22.3 Å². The fraction of sp³-hybridized carbons (Fsp3) is 0.222. The fourth-order valence-electron chi connectivity index (χ4n) is 7.25. The van der Waals surface area contributed by atoms with Crippen LogP contribution >= 0.6 is 0 Å². The van der Waals surface area contributed by atoms with Gasteiger partial charge in [0.1, 0.15) is 0 Å². The van der Waals surface area contributed by atoms with E-state index in [4.69, 9.17) is 9.97 Å². The molecule has 2 fully saturated rings. The summed E-state index contributed by atoms with van der Waals surface area (Å²) < 4.78 is 0. The Morgan fingerprint density at radius 1 is 0.538 bits per heavy atom. The molecule has 0 radical (unpaired) electrons. The molecule has 3 heterocycles. The van der Waals surface area contributed by atoms with Crippen molar-refractivity contribution in [2.24, 2.45) is 11.8 Å². The third kappa shape index (κ3) is 3.79. The summed E-state index contributed by atoms with van der Waals surface area (Å²) in [5.74, 6) is 1.70. The van der Waals surface area contributed by atoms with E-state index < -0.39 is 0 Å². The Morgan fingerprint density at radius 2 is 1.15 bits per heavy atom. The molecule has 1 aliphatic heterocycles. The highest BCUT2D eigenvalue weighted by Crippen LogP contribution is 2.41. The van der Waals surface area contributed by atoms with Gasteiger partial charge in [-0.1, -0.05) is 85.6 Å². The zero-order valence-corrected chi connectivity index (χ0v) is 22.1. The van der Waals surface area contributed by atoms with Crippen LogP contribution in [0.2, 0.25) is 0 Å². The van der Waals surface area contributed by atoms with Crippen LogP contribution < -0.4 is 4.90 Å². The van der Waals surface area contributed by atoms with E-state index in [-0.39, 0.29) is 0 Å². The Morgan fingerprint density at radius 3 is 1.92 bits per heavy atom. The Kier molecular flexibility index (Phi) is 5.36. The molecule has 0 bridgehead atoms. The highest BCUT2D eigenvalue weighted by atomic mass is 15.2. The van der Waals surface area contributed by atoms with Crippen molar-refractivity contribution in [3.63, 3.8) is 0 Å². The lowest BCUT2D eigenvalue weighted by Gasteiger charge is -2.22. The lowest BCUT2D eigenvalue weighted by Crippen LogP contribution is -2.20. The smallest absolute Gasteiger partial charge is 0.0985 e. The van der Waals surface area contributed by atoms with Crippen LogP contribution in [0.5, 0.6) is 0 Å². The van der Waals surface area contributed by atoms with E-state index in [9.17, 15) is 0 Å². The molecular weight excluding hydrogens is 474 g/mol. The third-order valence-electron chi connectivity index (χ3n) is 9.21. The number of hydrogen-bond donors (Lipinski definition) is 0. The summed E-state index contributed by atoms with van der Waals surface area (Å²) in [7, 11) is 0. The molecule has 2 aliphatic rings. The first kappa shape index (κ1) is 22.7. The van der Waals surface area contributed by atoms with Gasteiger partial charge in [0.2, 0.25) is 0 Å². The average Bonchev–Trinajstić information content (AvgIpc) is 3.44. The number of rotatable bonds is 3. The minimum atomic E-state index is 0.851. The lowest BCUT2D eigenvalue weighted by molar-refractivity contribution is 0.299. The molecule has 3 heteroatoms. The second-order valence-corrected chi connectivity index (χ2v) is 11.4. The monoisotopic (exact) mass is 505 g/mol. The molecule has 3 nitrogen and oxygen atoms in total. The van der Waals surface area contributed by atoms with Gasteiger partial charge in [-0.05, 0) is 75.9 Å². The molecule has 6 aromatic rings. The highest BCUT2D eigenvalue weighted by Gasteiger charge is 2.35. The standard InChI is InChI=1S/C36H31N3/c1-2-8-28-23-39(22-27(28)7-1)34-19-21-38-36-33(34)17-16-32-31(18-20-37-35(32)36)26-14-12-25(13-15-26)30-11-5-9-24-6-3-4-10-29(24)30/h3-6,9-21,27-28H,1-2,7-8,22-23H2. The van der Waals surface area contributed by atoms with Gasteiger partial charge in [0, 0.05) is 41.9 Å². The van der Waals surface area contributed by atoms with Gasteiger partial charge in [-0.25, -0.2) is 0 Å². The summed E-state index contributed by atoms with van der Waals surface area (Å²) in [5.41, 5.74) is 8.22. The van der Waals surface area contributed by atoms with Crippen LogP contribution in [0.25, 0.3) is 54.8 Å². The first-order valence-electron chi connectivity index (χ1n) is 14.3. The average molecular weight is 506 g/mol. The van der Waals surface area contributed by atoms with Gasteiger partial charge in [0.25, 0.3) is 0 Å². The third-order valence-corrected chi connectivity index (χ3v) is 9.21. The van der Waals surface area contributed by atoms with Crippen molar-refractivity contribution >= 4 is 38.3 Å². The van der Waals surface area contributed by atoms with Crippen molar-refractivity contribution in [3.05, 3.63) is 103 Å². The van der Waals surface area contributed by atoms with E-state index in [2.05, 4.69) is 95.9 Å². The van der Waals surface area contributed by atoms with Crippen LogP contribution in [0, 0.1) is 11.8 Å². The van der Waals surface area contributed by atoms with E-state index >= 15 is 0 Å². The Labute approximate surface area is 229 Å². The van der Waals surface area contributed by atoms with Gasteiger partial charge in [0.05, 0.1) is 11.0 Å². The summed E-state index contributed by atoms with van der Waals surface area (Å²) in [4.78, 5) is 12.3. The molecule has 0 amide bonds. The summed E-state index contributed by atoms with van der Waals surface area (Å²) in [5, 5.41) is 4.93. The Bertz CT molecular complexity index is 1820. The van der Waals surface area contributed by atoms with E-state index in [1.54, 1.807) is 0 Å². The van der Waals surface area contributed by atoms with Gasteiger partial charge in [-0.15, -0.1) is 0 Å². The largest absolute Gasteiger partial charge is 0.370 e. The second-order valence-electron chi connectivity index (χ2n) is 11.4. The molecule has 1 aliphatic carbocycles. The molecule has 1 saturated carbocycles. The molecular formula is C36H31N3. The van der Waals surface area contributed by atoms with Crippen molar-refractivity contribution in [1.29, 1.82) is 0 Å². The second kappa shape index (κ2) is 9.20. The maximum atomic E-state index is 4.86. The summed E-state index contributed by atoms with van der Waals surface area (Å²) >= 11 is 0. The number of fused-ring (bicyclic) bond motifs is 5. The first-order chi connectivity index (χ1) is 19.3. The predicted molar refractivity (Wildman–Crippen MR) is 163 cm³/mol. The van der Waals surface area contributed by atoms with Crippen LogP contribution in [0.1, 0.15) is 25.7 Å². The summed E-state index contributed by atoms with van der Waals surface area (Å²) in [6, 6.07) is 33.0. The highest BCUT2D eigenvalue weighted by molar-refractivity contribution is 6.11. The molecule has 39 heavy (non-hydrogen) atoms. The molecule has 2 unspecified atom stereocenters. The lowest BCUT2D eigenvalue weighted by atomic mass is 9.82. The fourth-order valence-corrected chi connectivity index (χ4v) is 7.25. The van der Waals surface area contributed by atoms with E-state index in [1.807, 2.05) is 12.4 Å². The first-order valence-corrected chi connectivity index (χ1v) is 14.3. The van der Waals surface area contributed by atoms with Gasteiger partial charge in [0.15, 0.2) is 0 Å². The maximum absolute atomic E-state index is 4.86. The number of benzene rings is 4. The number of nitrogens with zero attached hydrogens (tertiary/aromatic N) is 3. The molecule has 0 N–H and O–H groups in total. The van der Waals surface area contributed by atoms with Gasteiger partial charge < -0.3 is 4.90 Å². The van der Waals surface area contributed by atoms with Crippen molar-refractivity contribution in [2.45, 2.75) is 25.7 Å². The van der Waals surface area contributed by atoms with Gasteiger partial charge in [-0.2, -0.15) is 0 Å².